The number of hydrogen-bond acceptors (Lipinski definition) is 4. The summed E-state index contributed by atoms with van der Waals surface area (Å²) in [4.78, 5) is 14.8. The van der Waals surface area contributed by atoms with E-state index in [2.05, 4.69) is 57.0 Å². The predicted octanol–water partition coefficient (Wildman–Crippen LogP) is 3.23. The number of carbonyl (C=O) groups is 1. The molecule has 1 aliphatic heterocycles. The summed E-state index contributed by atoms with van der Waals surface area (Å²) >= 11 is 0. The van der Waals surface area contributed by atoms with Gasteiger partial charge in [0.05, 0.1) is 0 Å². The summed E-state index contributed by atoms with van der Waals surface area (Å²) in [5.74, 6) is 1.95. The summed E-state index contributed by atoms with van der Waals surface area (Å²) in [7, 11) is 0. The van der Waals surface area contributed by atoms with Gasteiger partial charge in [0, 0.05) is 51.1 Å². The molecular weight excluding hydrogens is 386 g/mol. The highest BCUT2D eigenvalue weighted by atomic mass is 16.1. The Morgan fingerprint density at radius 1 is 0.968 bits per heavy atom. The number of nitrogens with one attached hydrogen (secondary N) is 1. The van der Waals surface area contributed by atoms with Crippen LogP contribution < -0.4 is 5.32 Å². The number of fused-ring (bicyclic) bond motifs is 1. The topological polar surface area (TPSA) is 63.1 Å². The van der Waals surface area contributed by atoms with Crippen molar-refractivity contribution in [3.05, 3.63) is 81.9 Å². The van der Waals surface area contributed by atoms with E-state index in [1.807, 2.05) is 31.2 Å². The minimum absolute atomic E-state index is 0.0461. The maximum Gasteiger partial charge on any atom is 0.251 e. The van der Waals surface area contributed by atoms with Gasteiger partial charge in [-0.25, -0.2) is 0 Å². The number of amides is 1. The van der Waals surface area contributed by atoms with Crippen LogP contribution in [0.25, 0.3) is 0 Å². The Hall–Kier alpha value is -2.99. The Morgan fingerprint density at radius 3 is 2.52 bits per heavy atom. The molecule has 0 fully saturated rings. The van der Waals surface area contributed by atoms with E-state index in [-0.39, 0.29) is 5.91 Å². The summed E-state index contributed by atoms with van der Waals surface area (Å²) in [6.07, 6.45) is 1.58. The van der Waals surface area contributed by atoms with E-state index in [4.69, 9.17) is 0 Å². The summed E-state index contributed by atoms with van der Waals surface area (Å²) < 4.78 is 2.24. The van der Waals surface area contributed by atoms with Crippen molar-refractivity contribution < 1.29 is 4.79 Å². The number of benzene rings is 2. The Kier molecular flexibility index (Phi) is 6.47. The van der Waals surface area contributed by atoms with Crippen LogP contribution in [0, 0.1) is 20.8 Å². The molecule has 0 bridgehead atoms. The smallest absolute Gasteiger partial charge is 0.251 e. The molecule has 0 spiro atoms. The minimum Gasteiger partial charge on any atom is -0.352 e. The van der Waals surface area contributed by atoms with Crippen LogP contribution in [-0.2, 0) is 25.9 Å². The fraction of sp³-hybridized carbons (Fsp3) is 0.400. The molecule has 4 rings (SSSR count). The van der Waals surface area contributed by atoms with E-state index in [0.717, 1.165) is 49.8 Å². The first kappa shape index (κ1) is 21.2. The fourth-order valence-corrected chi connectivity index (χ4v) is 4.13. The minimum atomic E-state index is -0.0461. The average Bonchev–Trinajstić information content (AvgIpc) is 3.02. The molecule has 1 amide bonds. The summed E-state index contributed by atoms with van der Waals surface area (Å²) in [6.45, 7) is 10.7. The molecule has 1 N–H and O–H groups in total. The standard InChI is InChI=1S/C25H31N5O/c1-18-4-7-21(8-5-18)25(31)26-12-10-23-27-28-24-11-13-29(14-15-30(23)24)17-22-9-6-19(2)16-20(22)3/h4-9,16H,10-15,17H2,1-3H3,(H,26,31). The highest BCUT2D eigenvalue weighted by Gasteiger charge is 2.19. The molecule has 0 aliphatic carbocycles. The van der Waals surface area contributed by atoms with Crippen molar-refractivity contribution in [2.75, 3.05) is 19.6 Å². The molecule has 1 aliphatic rings. The largest absolute Gasteiger partial charge is 0.352 e. The van der Waals surface area contributed by atoms with Crippen LogP contribution in [0.1, 0.15) is 44.3 Å². The number of nitrogens with zero attached hydrogens (tertiary/aromatic N) is 4. The van der Waals surface area contributed by atoms with Gasteiger partial charge in [-0.05, 0) is 44.0 Å². The van der Waals surface area contributed by atoms with Crippen LogP contribution in [0.4, 0.5) is 0 Å². The van der Waals surface area contributed by atoms with E-state index in [1.165, 1.54) is 16.7 Å². The van der Waals surface area contributed by atoms with Crippen molar-refractivity contribution in [1.82, 2.24) is 25.0 Å². The van der Waals surface area contributed by atoms with Crippen molar-refractivity contribution in [2.24, 2.45) is 0 Å². The zero-order valence-corrected chi connectivity index (χ0v) is 18.7. The second-order valence-corrected chi connectivity index (χ2v) is 8.51. The van der Waals surface area contributed by atoms with Gasteiger partial charge in [0.2, 0.25) is 0 Å². The zero-order chi connectivity index (χ0) is 21.8. The van der Waals surface area contributed by atoms with Gasteiger partial charge in [0.1, 0.15) is 11.6 Å². The van der Waals surface area contributed by atoms with Gasteiger partial charge in [-0.3, -0.25) is 9.69 Å². The van der Waals surface area contributed by atoms with Gasteiger partial charge in [0.15, 0.2) is 0 Å². The first-order chi connectivity index (χ1) is 15.0. The Bertz CT molecular complexity index is 1050. The van der Waals surface area contributed by atoms with Crippen LogP contribution in [0.5, 0.6) is 0 Å². The van der Waals surface area contributed by atoms with E-state index in [9.17, 15) is 4.79 Å². The lowest BCUT2D eigenvalue weighted by atomic mass is 10.1. The molecule has 31 heavy (non-hydrogen) atoms. The van der Waals surface area contributed by atoms with E-state index in [1.54, 1.807) is 0 Å². The van der Waals surface area contributed by atoms with Gasteiger partial charge in [-0.15, -0.1) is 10.2 Å². The Labute approximate surface area is 184 Å². The quantitative estimate of drug-likeness (QED) is 0.669. The van der Waals surface area contributed by atoms with Crippen LogP contribution >= 0.6 is 0 Å². The molecule has 2 aromatic carbocycles. The Morgan fingerprint density at radius 2 is 1.74 bits per heavy atom. The molecule has 0 atom stereocenters. The molecule has 0 saturated carbocycles. The lowest BCUT2D eigenvalue weighted by Crippen LogP contribution is -2.28. The molecule has 0 saturated heterocycles. The molecule has 2 heterocycles. The number of aromatic nitrogens is 3. The number of carbonyl (C=O) groups excluding carboxylic acids is 1. The monoisotopic (exact) mass is 417 g/mol. The second-order valence-electron chi connectivity index (χ2n) is 8.51. The van der Waals surface area contributed by atoms with Gasteiger partial charge in [-0.2, -0.15) is 0 Å². The van der Waals surface area contributed by atoms with Crippen molar-refractivity contribution in [3.8, 4) is 0 Å². The zero-order valence-electron chi connectivity index (χ0n) is 18.7. The predicted molar refractivity (Wildman–Crippen MR) is 122 cm³/mol. The van der Waals surface area contributed by atoms with Crippen LogP contribution in [0.2, 0.25) is 0 Å². The lowest BCUT2D eigenvalue weighted by Gasteiger charge is -2.21. The highest BCUT2D eigenvalue weighted by Crippen LogP contribution is 2.16. The van der Waals surface area contributed by atoms with Gasteiger partial charge in [-0.1, -0.05) is 41.5 Å². The third kappa shape index (κ3) is 5.20. The maximum atomic E-state index is 12.3. The molecule has 3 aromatic rings. The summed E-state index contributed by atoms with van der Waals surface area (Å²) in [5.41, 5.74) is 5.89. The fourth-order valence-electron chi connectivity index (χ4n) is 4.13. The van der Waals surface area contributed by atoms with Crippen LogP contribution in [-0.4, -0.2) is 45.2 Å². The normalized spacial score (nSPS) is 14.2. The van der Waals surface area contributed by atoms with Crippen molar-refractivity contribution in [1.29, 1.82) is 0 Å². The van der Waals surface area contributed by atoms with Crippen molar-refractivity contribution in [2.45, 2.75) is 46.7 Å². The molecule has 6 nitrogen and oxygen atoms in total. The maximum absolute atomic E-state index is 12.3. The summed E-state index contributed by atoms with van der Waals surface area (Å²) in [5, 5.41) is 11.8. The molecular formula is C25H31N5O. The number of rotatable bonds is 6. The second kappa shape index (κ2) is 9.43. The lowest BCUT2D eigenvalue weighted by molar-refractivity contribution is 0.0954. The van der Waals surface area contributed by atoms with Crippen molar-refractivity contribution in [3.63, 3.8) is 0 Å². The SMILES string of the molecule is Cc1ccc(C(=O)NCCc2nnc3n2CCN(Cc2ccc(C)cc2C)CC3)cc1. The number of aryl methyl sites for hydroxylation is 3. The van der Waals surface area contributed by atoms with E-state index < -0.39 is 0 Å². The molecule has 162 valence electrons. The molecule has 6 heteroatoms. The molecule has 1 aromatic heterocycles. The average molecular weight is 418 g/mol. The summed E-state index contributed by atoms with van der Waals surface area (Å²) in [6, 6.07) is 14.3. The van der Waals surface area contributed by atoms with E-state index in [0.29, 0.717) is 18.5 Å². The third-order valence-corrected chi connectivity index (χ3v) is 6.04. The van der Waals surface area contributed by atoms with Gasteiger partial charge < -0.3 is 9.88 Å². The Balaban J connectivity index is 1.32. The van der Waals surface area contributed by atoms with Crippen LogP contribution in [0.3, 0.4) is 0 Å². The van der Waals surface area contributed by atoms with Crippen molar-refractivity contribution >= 4 is 5.91 Å². The van der Waals surface area contributed by atoms with Crippen LogP contribution in [0.15, 0.2) is 42.5 Å². The van der Waals surface area contributed by atoms with Gasteiger partial charge >= 0.3 is 0 Å². The van der Waals surface area contributed by atoms with Gasteiger partial charge in [0.25, 0.3) is 5.91 Å². The number of hydrogen-bond donors (Lipinski definition) is 1. The molecule has 0 radical (unpaired) electrons. The first-order valence-electron chi connectivity index (χ1n) is 11.0. The first-order valence-corrected chi connectivity index (χ1v) is 11.0. The third-order valence-electron chi connectivity index (χ3n) is 6.04. The van der Waals surface area contributed by atoms with E-state index >= 15 is 0 Å². The molecule has 0 unspecified atom stereocenters. The highest BCUT2D eigenvalue weighted by molar-refractivity contribution is 5.94.